The molecule has 2 rings (SSSR count). The number of nitrogens with zero attached hydrogens (tertiary/aromatic N) is 2. The zero-order valence-corrected chi connectivity index (χ0v) is 14.5. The molecule has 0 saturated carbocycles. The third-order valence-electron chi connectivity index (χ3n) is 2.78. The lowest BCUT2D eigenvalue weighted by molar-refractivity contribution is -0.123. The molecule has 8 heteroatoms. The maximum atomic E-state index is 11.7. The second-order valence-corrected chi connectivity index (χ2v) is 6.20. The number of amides is 1. The summed E-state index contributed by atoms with van der Waals surface area (Å²) < 4.78 is 10.4. The minimum Gasteiger partial charge on any atom is -0.484 e. The highest BCUT2D eigenvalue weighted by atomic mass is 79.9. The molecule has 0 atom stereocenters. The number of nitrogens with two attached hydrogens (primary N) is 1. The predicted molar refractivity (Wildman–Crippen MR) is 91.3 cm³/mol. The lowest BCUT2D eigenvalue weighted by atomic mass is 10.2. The van der Waals surface area contributed by atoms with E-state index >= 15 is 0 Å². The van der Waals surface area contributed by atoms with Gasteiger partial charge in [0.2, 0.25) is 0 Å². The van der Waals surface area contributed by atoms with Crippen LogP contribution in [0.3, 0.4) is 0 Å². The van der Waals surface area contributed by atoms with E-state index in [1.165, 1.54) is 11.5 Å². The molecular formula is C14H15BrN4O2S. The molecule has 0 unspecified atom stereocenters. The van der Waals surface area contributed by atoms with E-state index in [1.807, 2.05) is 19.1 Å². The molecule has 6 nitrogen and oxygen atoms in total. The van der Waals surface area contributed by atoms with Crippen molar-refractivity contribution in [1.82, 2.24) is 9.80 Å². The van der Waals surface area contributed by atoms with Crippen LogP contribution in [0.2, 0.25) is 0 Å². The standard InChI is InChI=1S/C14H15BrN4O2S/c1-8(13-9(2)19-22-14(13)16)17-18-12(20)7-21-11-5-3-10(15)4-6-11/h3-6H,7,16H2,1-2H3,(H,18,20)/b17-8-. The number of carbonyl (C=O) groups excluding carboxylic acids is 1. The van der Waals surface area contributed by atoms with Gasteiger partial charge in [-0.1, -0.05) is 15.9 Å². The average molecular weight is 383 g/mol. The van der Waals surface area contributed by atoms with Crippen LogP contribution in [0.4, 0.5) is 5.00 Å². The first-order valence-electron chi connectivity index (χ1n) is 6.41. The van der Waals surface area contributed by atoms with Gasteiger partial charge in [-0.2, -0.15) is 9.47 Å². The minimum atomic E-state index is -0.346. The lowest BCUT2D eigenvalue weighted by Gasteiger charge is -2.06. The Hall–Kier alpha value is -1.93. The topological polar surface area (TPSA) is 89.6 Å². The van der Waals surface area contributed by atoms with Gasteiger partial charge in [-0.3, -0.25) is 4.79 Å². The SMILES string of the molecule is C/C(=N/NC(=O)COc1ccc(Br)cc1)c1c(C)nsc1N. The zero-order valence-electron chi connectivity index (χ0n) is 12.1. The molecule has 1 heterocycles. The van der Waals surface area contributed by atoms with Gasteiger partial charge in [-0.25, -0.2) is 5.43 Å². The zero-order chi connectivity index (χ0) is 16.1. The first kappa shape index (κ1) is 16.4. The highest BCUT2D eigenvalue weighted by Gasteiger charge is 2.11. The summed E-state index contributed by atoms with van der Waals surface area (Å²) in [5.74, 6) is 0.267. The number of ether oxygens (including phenoxy) is 1. The Labute approximate surface area is 140 Å². The van der Waals surface area contributed by atoms with Gasteiger partial charge in [0.15, 0.2) is 6.61 Å². The number of nitrogen functional groups attached to an aromatic ring is 1. The fourth-order valence-electron chi connectivity index (χ4n) is 1.74. The van der Waals surface area contributed by atoms with E-state index in [9.17, 15) is 4.79 Å². The number of carbonyl (C=O) groups is 1. The summed E-state index contributed by atoms with van der Waals surface area (Å²) in [4.78, 5) is 11.7. The third-order valence-corrected chi connectivity index (χ3v) is 4.08. The van der Waals surface area contributed by atoms with Crippen molar-refractivity contribution in [1.29, 1.82) is 0 Å². The molecule has 1 aromatic carbocycles. The van der Waals surface area contributed by atoms with Crippen molar-refractivity contribution in [3.8, 4) is 5.75 Å². The molecule has 22 heavy (non-hydrogen) atoms. The number of halogens is 1. The van der Waals surface area contributed by atoms with Gasteiger partial charge in [0.05, 0.1) is 17.0 Å². The quantitative estimate of drug-likeness (QED) is 0.614. The minimum absolute atomic E-state index is 0.116. The van der Waals surface area contributed by atoms with Crippen LogP contribution < -0.4 is 15.9 Å². The van der Waals surface area contributed by atoms with Crippen molar-refractivity contribution >= 4 is 44.1 Å². The van der Waals surface area contributed by atoms with E-state index < -0.39 is 0 Å². The summed E-state index contributed by atoms with van der Waals surface area (Å²) in [5.41, 5.74) is 10.4. The van der Waals surface area contributed by atoms with Gasteiger partial charge in [-0.15, -0.1) is 0 Å². The van der Waals surface area contributed by atoms with Crippen LogP contribution in [0.15, 0.2) is 33.8 Å². The van der Waals surface area contributed by atoms with Gasteiger partial charge in [0.25, 0.3) is 5.91 Å². The molecule has 2 aromatic rings. The van der Waals surface area contributed by atoms with Crippen molar-refractivity contribution in [2.24, 2.45) is 5.10 Å². The van der Waals surface area contributed by atoms with Gasteiger partial charge < -0.3 is 10.5 Å². The number of hydrogen-bond donors (Lipinski definition) is 2. The molecular weight excluding hydrogens is 368 g/mol. The molecule has 0 aliphatic heterocycles. The number of aryl methyl sites for hydroxylation is 1. The van der Waals surface area contributed by atoms with Crippen molar-refractivity contribution in [2.75, 3.05) is 12.3 Å². The molecule has 3 N–H and O–H groups in total. The van der Waals surface area contributed by atoms with Crippen LogP contribution >= 0.6 is 27.5 Å². The number of hydrogen-bond acceptors (Lipinski definition) is 6. The summed E-state index contributed by atoms with van der Waals surface area (Å²) >= 11 is 4.54. The molecule has 0 saturated heterocycles. The van der Waals surface area contributed by atoms with Gasteiger partial charge in [0.1, 0.15) is 10.8 Å². The van der Waals surface area contributed by atoms with Crippen molar-refractivity contribution in [3.05, 3.63) is 40.0 Å². The van der Waals surface area contributed by atoms with Crippen LogP contribution in [-0.2, 0) is 4.79 Å². The predicted octanol–water partition coefficient (Wildman–Crippen LogP) is 2.72. The van der Waals surface area contributed by atoms with Crippen LogP contribution in [0.5, 0.6) is 5.75 Å². The summed E-state index contributed by atoms with van der Waals surface area (Å²) in [6, 6.07) is 7.22. The Balaban J connectivity index is 1.89. The first-order valence-corrected chi connectivity index (χ1v) is 7.97. The average Bonchev–Trinajstić information content (AvgIpc) is 2.83. The van der Waals surface area contributed by atoms with Crippen LogP contribution in [0, 0.1) is 6.92 Å². The Kier molecular flexibility index (Phi) is 5.51. The normalized spacial score (nSPS) is 11.3. The molecule has 0 spiro atoms. The van der Waals surface area contributed by atoms with Crippen LogP contribution in [-0.4, -0.2) is 22.6 Å². The second-order valence-electron chi connectivity index (χ2n) is 4.48. The fraction of sp³-hybridized carbons (Fsp3) is 0.214. The molecule has 0 radical (unpaired) electrons. The number of anilines is 1. The van der Waals surface area contributed by atoms with Crippen molar-refractivity contribution < 1.29 is 9.53 Å². The van der Waals surface area contributed by atoms with Crippen LogP contribution in [0.25, 0.3) is 0 Å². The Morgan fingerprint density at radius 1 is 1.45 bits per heavy atom. The molecule has 0 aliphatic rings. The van der Waals surface area contributed by atoms with Crippen molar-refractivity contribution in [3.63, 3.8) is 0 Å². The third kappa shape index (κ3) is 4.28. The fourth-order valence-corrected chi connectivity index (χ4v) is 2.72. The number of rotatable bonds is 5. The van der Waals surface area contributed by atoms with Crippen molar-refractivity contribution in [2.45, 2.75) is 13.8 Å². The highest BCUT2D eigenvalue weighted by Crippen LogP contribution is 2.21. The molecule has 0 aliphatic carbocycles. The maximum absolute atomic E-state index is 11.7. The van der Waals surface area contributed by atoms with Gasteiger partial charge in [0, 0.05) is 4.47 Å². The second kappa shape index (κ2) is 7.37. The van der Waals surface area contributed by atoms with Crippen LogP contribution in [0.1, 0.15) is 18.2 Å². The van der Waals surface area contributed by atoms with E-state index in [2.05, 4.69) is 30.8 Å². The maximum Gasteiger partial charge on any atom is 0.277 e. The number of benzene rings is 1. The van der Waals surface area contributed by atoms with E-state index in [-0.39, 0.29) is 12.5 Å². The lowest BCUT2D eigenvalue weighted by Crippen LogP contribution is -2.25. The number of hydrazone groups is 1. The van der Waals surface area contributed by atoms with E-state index in [4.69, 9.17) is 10.5 Å². The highest BCUT2D eigenvalue weighted by molar-refractivity contribution is 9.10. The Morgan fingerprint density at radius 3 is 2.73 bits per heavy atom. The smallest absolute Gasteiger partial charge is 0.277 e. The largest absolute Gasteiger partial charge is 0.484 e. The number of aromatic nitrogens is 1. The van der Waals surface area contributed by atoms with Gasteiger partial charge >= 0.3 is 0 Å². The summed E-state index contributed by atoms with van der Waals surface area (Å²) in [6.07, 6.45) is 0. The molecule has 1 aromatic heterocycles. The van der Waals surface area contributed by atoms with Gasteiger partial charge in [-0.05, 0) is 49.6 Å². The van der Waals surface area contributed by atoms with E-state index in [1.54, 1.807) is 19.1 Å². The monoisotopic (exact) mass is 382 g/mol. The first-order chi connectivity index (χ1) is 10.5. The molecule has 1 amide bonds. The number of nitrogens with one attached hydrogen (secondary N) is 1. The van der Waals surface area contributed by atoms with E-state index in [0.717, 1.165) is 15.7 Å². The summed E-state index contributed by atoms with van der Waals surface area (Å²) in [7, 11) is 0. The summed E-state index contributed by atoms with van der Waals surface area (Å²) in [6.45, 7) is 3.50. The summed E-state index contributed by atoms with van der Waals surface area (Å²) in [5, 5.41) is 4.61. The molecule has 116 valence electrons. The Bertz CT molecular complexity index is 678. The molecule has 0 bridgehead atoms. The molecule has 0 fully saturated rings. The Morgan fingerprint density at radius 2 is 2.14 bits per heavy atom. The van der Waals surface area contributed by atoms with E-state index in [0.29, 0.717) is 16.5 Å².